The molecule has 0 radical (unpaired) electrons. The Morgan fingerprint density at radius 1 is 0.718 bits per heavy atom. The number of benzene rings is 4. The molecule has 0 saturated heterocycles. The zero-order valence-corrected chi connectivity index (χ0v) is 22.1. The molecule has 0 amide bonds. The van der Waals surface area contributed by atoms with Gasteiger partial charge in [0, 0.05) is 23.0 Å². The molecular formula is C37H32O2. The number of allylic oxidation sites excluding steroid dienone is 3. The minimum atomic E-state index is -1.20. The molecule has 2 heteroatoms. The zero-order chi connectivity index (χ0) is 26.6. The predicted molar refractivity (Wildman–Crippen MR) is 158 cm³/mol. The summed E-state index contributed by atoms with van der Waals surface area (Å²) in [5.41, 5.74) is 6.87. The van der Waals surface area contributed by atoms with Gasteiger partial charge in [-0.2, -0.15) is 0 Å². The van der Waals surface area contributed by atoms with Crippen molar-refractivity contribution in [3.63, 3.8) is 0 Å². The van der Waals surface area contributed by atoms with Gasteiger partial charge in [-0.1, -0.05) is 141 Å². The Balaban J connectivity index is 1.31. The van der Waals surface area contributed by atoms with Crippen LogP contribution < -0.4 is 0 Å². The van der Waals surface area contributed by atoms with E-state index in [-0.39, 0.29) is 11.8 Å². The first-order chi connectivity index (χ1) is 19.1. The lowest BCUT2D eigenvalue weighted by molar-refractivity contribution is 0.0385. The molecule has 4 aromatic rings. The molecule has 0 aliphatic heterocycles. The lowest BCUT2D eigenvalue weighted by Gasteiger charge is -2.35. The molecule has 0 heterocycles. The molecule has 0 aromatic heterocycles. The molecule has 2 N–H and O–H groups in total. The third kappa shape index (κ3) is 3.42. The van der Waals surface area contributed by atoms with Crippen LogP contribution in [0.4, 0.5) is 0 Å². The molecule has 2 nitrogen and oxygen atoms in total. The summed E-state index contributed by atoms with van der Waals surface area (Å²) in [6, 6.07) is 32.8. The Morgan fingerprint density at radius 2 is 1.31 bits per heavy atom. The van der Waals surface area contributed by atoms with Crippen molar-refractivity contribution in [2.45, 2.75) is 36.9 Å². The van der Waals surface area contributed by atoms with Crippen LogP contribution in [0.1, 0.15) is 59.1 Å². The predicted octanol–water partition coefficient (Wildman–Crippen LogP) is 7.86. The van der Waals surface area contributed by atoms with E-state index < -0.39 is 11.2 Å². The molecule has 3 unspecified atom stereocenters. The molecule has 3 aliphatic carbocycles. The van der Waals surface area contributed by atoms with Gasteiger partial charge in [-0.25, -0.2) is 0 Å². The average molecular weight is 509 g/mol. The largest absolute Gasteiger partial charge is 0.380 e. The molecule has 0 saturated carbocycles. The first kappa shape index (κ1) is 24.1. The van der Waals surface area contributed by atoms with Crippen LogP contribution in [-0.2, 0) is 11.2 Å². The van der Waals surface area contributed by atoms with Crippen LogP contribution in [-0.4, -0.2) is 10.2 Å². The molecule has 3 atom stereocenters. The maximum atomic E-state index is 12.5. The second-order valence-corrected chi connectivity index (χ2v) is 11.0. The number of aliphatic hydroxyl groups is 2. The second-order valence-electron chi connectivity index (χ2n) is 11.0. The normalized spacial score (nSPS) is 23.7. The minimum Gasteiger partial charge on any atom is -0.380 e. The summed E-state index contributed by atoms with van der Waals surface area (Å²) in [6.07, 6.45) is 12.5. The highest BCUT2D eigenvalue weighted by Crippen LogP contribution is 2.56. The average Bonchev–Trinajstić information content (AvgIpc) is 3.41. The summed E-state index contributed by atoms with van der Waals surface area (Å²) < 4.78 is 0. The van der Waals surface area contributed by atoms with Crippen LogP contribution in [0.3, 0.4) is 0 Å². The summed E-state index contributed by atoms with van der Waals surface area (Å²) in [4.78, 5) is 0. The van der Waals surface area contributed by atoms with Gasteiger partial charge in [0.25, 0.3) is 0 Å². The maximum Gasteiger partial charge on any atom is 0.141 e. The Labute approximate surface area is 230 Å². The highest BCUT2D eigenvalue weighted by molar-refractivity contribution is 5.82. The smallest absolute Gasteiger partial charge is 0.141 e. The van der Waals surface area contributed by atoms with Crippen molar-refractivity contribution >= 4 is 6.08 Å². The van der Waals surface area contributed by atoms with E-state index in [1.54, 1.807) is 0 Å². The number of hydrogen-bond acceptors (Lipinski definition) is 2. The molecule has 4 aromatic carbocycles. The standard InChI is InChI=1S/C37H32O2/c1-2-11-27(37(39)34-18-9-5-14-30(34)31-15-6-10-19-35(31)37)24-25-20-22-26(23-21-25)36(38)32-16-7-3-12-28(32)29-13-4-8-17-33(29)36/h3-10,12-24,30,34,38-39H,2,11H2,1H3. The van der Waals surface area contributed by atoms with Crippen molar-refractivity contribution in [3.05, 3.63) is 160 Å². The summed E-state index contributed by atoms with van der Waals surface area (Å²) in [7, 11) is 0. The van der Waals surface area contributed by atoms with Gasteiger partial charge in [0.2, 0.25) is 0 Å². The van der Waals surface area contributed by atoms with Gasteiger partial charge in [-0.05, 0) is 45.4 Å². The van der Waals surface area contributed by atoms with E-state index in [4.69, 9.17) is 0 Å². The van der Waals surface area contributed by atoms with Crippen LogP contribution in [0.25, 0.3) is 17.2 Å². The van der Waals surface area contributed by atoms with Crippen molar-refractivity contribution in [2.24, 2.45) is 5.92 Å². The summed E-state index contributed by atoms with van der Waals surface area (Å²) in [5, 5.41) is 24.7. The molecule has 7 rings (SSSR count). The third-order valence-electron chi connectivity index (χ3n) is 8.95. The van der Waals surface area contributed by atoms with E-state index in [0.717, 1.165) is 57.4 Å². The van der Waals surface area contributed by atoms with Gasteiger partial charge in [-0.3, -0.25) is 0 Å². The van der Waals surface area contributed by atoms with Crippen molar-refractivity contribution in [3.8, 4) is 11.1 Å². The monoisotopic (exact) mass is 508 g/mol. The Morgan fingerprint density at radius 3 is 1.97 bits per heavy atom. The van der Waals surface area contributed by atoms with Crippen LogP contribution in [0.5, 0.6) is 0 Å². The van der Waals surface area contributed by atoms with E-state index in [1.165, 1.54) is 5.56 Å². The third-order valence-corrected chi connectivity index (χ3v) is 8.95. The van der Waals surface area contributed by atoms with Crippen molar-refractivity contribution in [1.29, 1.82) is 0 Å². The molecule has 0 fully saturated rings. The van der Waals surface area contributed by atoms with E-state index in [1.807, 2.05) is 54.6 Å². The first-order valence-corrected chi connectivity index (χ1v) is 14.0. The first-order valence-electron chi connectivity index (χ1n) is 14.0. The van der Waals surface area contributed by atoms with Gasteiger partial charge >= 0.3 is 0 Å². The fraction of sp³-hybridized carbons (Fsp3) is 0.189. The van der Waals surface area contributed by atoms with Crippen molar-refractivity contribution in [2.75, 3.05) is 0 Å². The van der Waals surface area contributed by atoms with Gasteiger partial charge in [0.15, 0.2) is 0 Å². The van der Waals surface area contributed by atoms with Gasteiger partial charge in [0.1, 0.15) is 11.2 Å². The van der Waals surface area contributed by atoms with Crippen molar-refractivity contribution in [1.82, 2.24) is 0 Å². The minimum absolute atomic E-state index is 0.0239. The number of fused-ring (bicyclic) bond motifs is 6. The van der Waals surface area contributed by atoms with Crippen LogP contribution in [0.2, 0.25) is 0 Å². The second kappa shape index (κ2) is 9.05. The number of hydrogen-bond donors (Lipinski definition) is 2. The maximum absolute atomic E-state index is 12.5. The van der Waals surface area contributed by atoms with Crippen LogP contribution in [0, 0.1) is 5.92 Å². The van der Waals surface area contributed by atoms with E-state index >= 15 is 0 Å². The summed E-state index contributed by atoms with van der Waals surface area (Å²) >= 11 is 0. The highest BCUT2D eigenvalue weighted by atomic mass is 16.3. The molecular weight excluding hydrogens is 476 g/mol. The topological polar surface area (TPSA) is 40.5 Å². The van der Waals surface area contributed by atoms with Crippen LogP contribution >= 0.6 is 0 Å². The molecule has 0 spiro atoms. The van der Waals surface area contributed by atoms with Gasteiger partial charge in [-0.15, -0.1) is 0 Å². The summed E-state index contributed by atoms with van der Waals surface area (Å²) in [5.74, 6) is 0.153. The molecule has 39 heavy (non-hydrogen) atoms. The fourth-order valence-electron chi connectivity index (χ4n) is 7.19. The molecule has 0 bridgehead atoms. The van der Waals surface area contributed by atoms with Gasteiger partial charge in [0.05, 0.1) is 0 Å². The Hall–Kier alpha value is -3.98. The quantitative estimate of drug-likeness (QED) is 0.288. The van der Waals surface area contributed by atoms with Gasteiger partial charge < -0.3 is 10.2 Å². The van der Waals surface area contributed by atoms with Crippen LogP contribution in [0.15, 0.2) is 127 Å². The fourth-order valence-corrected chi connectivity index (χ4v) is 7.19. The Bertz CT molecular complexity index is 1610. The zero-order valence-electron chi connectivity index (χ0n) is 22.1. The SMILES string of the molecule is CCCC(=Cc1ccc(C2(O)c3ccccc3-c3ccccc32)cc1)C1(O)c2ccccc2C2C=CC=CC21. The number of rotatable bonds is 5. The lowest BCUT2D eigenvalue weighted by Crippen LogP contribution is -2.34. The molecule has 3 aliphatic rings. The van der Waals surface area contributed by atoms with E-state index in [9.17, 15) is 10.2 Å². The highest BCUT2D eigenvalue weighted by Gasteiger charge is 2.51. The van der Waals surface area contributed by atoms with E-state index in [0.29, 0.717) is 0 Å². The van der Waals surface area contributed by atoms with Crippen molar-refractivity contribution < 1.29 is 10.2 Å². The molecule has 192 valence electrons. The van der Waals surface area contributed by atoms with E-state index in [2.05, 4.69) is 79.8 Å². The summed E-state index contributed by atoms with van der Waals surface area (Å²) in [6.45, 7) is 2.17. The Kier molecular flexibility index (Phi) is 5.59. The lowest BCUT2D eigenvalue weighted by atomic mass is 9.74.